The van der Waals surface area contributed by atoms with E-state index in [0.29, 0.717) is 10.6 Å². The van der Waals surface area contributed by atoms with Crippen LogP contribution in [-0.4, -0.2) is 13.3 Å². The molecule has 6 aromatic rings. The first-order chi connectivity index (χ1) is 23.0. The summed E-state index contributed by atoms with van der Waals surface area (Å²) in [7, 11) is -5.00. The third-order valence-corrected chi connectivity index (χ3v) is 16.8. The van der Waals surface area contributed by atoms with Gasteiger partial charge in [-0.3, -0.25) is 0 Å². The normalized spacial score (nSPS) is 11.7. The van der Waals surface area contributed by atoms with Crippen LogP contribution in [0.5, 0.6) is 0 Å². The molecule has 268 valence electrons. The van der Waals surface area contributed by atoms with Crippen molar-refractivity contribution in [2.45, 2.75) is 0 Å². The molecule has 6 rings (SSSR count). The topological polar surface area (TPSA) is 78.4 Å². The van der Waals surface area contributed by atoms with Crippen molar-refractivity contribution in [2.24, 2.45) is 0 Å². The van der Waals surface area contributed by atoms with Gasteiger partial charge in [-0.05, 0) is 50.4 Å². The first-order valence-corrected chi connectivity index (χ1v) is 22.5. The molecule has 4 nitrogen and oxygen atoms in total. The van der Waals surface area contributed by atoms with Crippen LogP contribution in [0.3, 0.4) is 0 Å². The molecule has 0 amide bonds. The molecule has 0 spiro atoms. The molecule has 0 bridgehead atoms. The molecule has 0 aliphatic rings. The third-order valence-electron chi connectivity index (χ3n) is 7.54. The monoisotopic (exact) mass is 1110 g/mol. The molecule has 0 atom stereocenters. The van der Waals surface area contributed by atoms with Crippen molar-refractivity contribution < 1.29 is 73.1 Å². The van der Waals surface area contributed by atoms with E-state index in [-0.39, 0.29) is 60.6 Å². The predicted octanol–water partition coefficient (Wildman–Crippen LogP) is 5.10. The summed E-state index contributed by atoms with van der Waals surface area (Å²) in [5.41, 5.74) is 0. The molecule has 0 N–H and O–H groups in total. The van der Waals surface area contributed by atoms with E-state index in [1.165, 1.54) is 21.2 Å². The standard InChI is InChI=1S/C14H14ClO4P.2C13H13P.2Au/c1-20(2,19-15(16,17)18,13-9-5-3-6-10-13)14-11-7-4-8-12-14;2*1-14(12-8-4-2-5-9-12)13-10-6-3-7-11-13;;/h3-12H,1-2H2;2*2-11H,1H3;;/q-2;;;2*+1. The zero-order valence-electron chi connectivity index (χ0n) is 27.7. The Morgan fingerprint density at radius 3 is 0.820 bits per heavy atom. The molecule has 0 unspecified atom stereocenters. The van der Waals surface area contributed by atoms with Gasteiger partial charge in [-0.2, -0.15) is 0 Å². The Bertz CT molecular complexity index is 1580. The van der Waals surface area contributed by atoms with Crippen molar-refractivity contribution in [1.82, 2.24) is 0 Å². The molecular formula is C40H40Au2ClO4P3. The Kier molecular flexibility index (Phi) is 18.7. The van der Waals surface area contributed by atoms with Crippen LogP contribution in [-0.2, 0) is 48.8 Å². The summed E-state index contributed by atoms with van der Waals surface area (Å²) in [5.74, 6) is 0. The quantitative estimate of drug-likeness (QED) is 0.121. The van der Waals surface area contributed by atoms with Crippen molar-refractivity contribution in [1.29, 1.82) is 0 Å². The maximum atomic E-state index is 11.1. The molecular weight excluding hydrogens is 1070 g/mol. The van der Waals surface area contributed by atoms with Gasteiger partial charge in [0.15, 0.2) is 0 Å². The van der Waals surface area contributed by atoms with Gasteiger partial charge in [0.05, 0.1) is 0 Å². The van der Waals surface area contributed by atoms with Gasteiger partial charge >= 0.3 is 164 Å². The zero-order valence-corrected chi connectivity index (χ0v) is 35.5. The molecule has 6 aromatic carbocycles. The van der Waals surface area contributed by atoms with Crippen LogP contribution < -0.4 is 45.8 Å². The summed E-state index contributed by atoms with van der Waals surface area (Å²) in [6.45, 7) is 8.45. The van der Waals surface area contributed by atoms with Crippen LogP contribution in [0.2, 0.25) is 0 Å². The molecule has 10 heteroatoms. The van der Waals surface area contributed by atoms with Gasteiger partial charge in [-0.25, -0.2) is 0 Å². The van der Waals surface area contributed by atoms with Crippen LogP contribution in [0.1, 0.15) is 0 Å². The van der Waals surface area contributed by atoms with E-state index in [1.807, 2.05) is 0 Å². The van der Waals surface area contributed by atoms with E-state index < -0.39 is 17.1 Å². The van der Waals surface area contributed by atoms with Gasteiger partial charge in [-0.15, -0.1) is 0 Å². The van der Waals surface area contributed by atoms with Crippen molar-refractivity contribution in [3.63, 3.8) is 0 Å². The van der Waals surface area contributed by atoms with E-state index in [2.05, 4.69) is 148 Å². The Balaban J connectivity index is 0.000000261. The minimum absolute atomic E-state index is 0. The summed E-state index contributed by atoms with van der Waals surface area (Å²) >= 11 is 0. The van der Waals surface area contributed by atoms with Crippen LogP contribution in [0.15, 0.2) is 182 Å². The maximum absolute atomic E-state index is 11.1. The van der Waals surface area contributed by atoms with E-state index in [1.54, 1.807) is 60.7 Å². The fourth-order valence-electron chi connectivity index (χ4n) is 4.89. The average molecular weight is 1110 g/mol. The van der Waals surface area contributed by atoms with E-state index >= 15 is 0 Å². The fourth-order valence-corrected chi connectivity index (χ4v) is 12.3. The molecule has 0 aliphatic heterocycles. The molecule has 0 radical (unpaired) electrons. The molecule has 0 saturated carbocycles. The van der Waals surface area contributed by atoms with Gasteiger partial charge in [0, 0.05) is 0 Å². The number of halogens is 1. The van der Waals surface area contributed by atoms with Gasteiger partial charge in [-0.1, -0.05) is 121 Å². The average Bonchev–Trinajstić information content (AvgIpc) is 3.13. The van der Waals surface area contributed by atoms with Gasteiger partial charge < -0.3 is 0 Å². The molecule has 0 heterocycles. The van der Waals surface area contributed by atoms with Crippen molar-refractivity contribution in [3.8, 4) is 0 Å². The summed E-state index contributed by atoms with van der Waals surface area (Å²) < 4.78 is 38.3. The van der Waals surface area contributed by atoms with E-state index in [0.717, 1.165) is 0 Å². The molecule has 0 fully saturated rings. The van der Waals surface area contributed by atoms with Gasteiger partial charge in [0.25, 0.3) is 0 Å². The van der Waals surface area contributed by atoms with E-state index in [4.69, 9.17) is 4.08 Å². The molecule has 0 aromatic heterocycles. The number of benzene rings is 6. The molecule has 50 heavy (non-hydrogen) atoms. The Morgan fingerprint density at radius 1 is 0.420 bits per heavy atom. The minimum atomic E-state index is -4.66. The molecule has 0 aliphatic carbocycles. The Hall–Kier alpha value is -1.78. The van der Waals surface area contributed by atoms with E-state index in [9.17, 15) is 14.0 Å². The van der Waals surface area contributed by atoms with Crippen LogP contribution >= 0.6 is 22.7 Å². The van der Waals surface area contributed by atoms with Crippen molar-refractivity contribution in [3.05, 3.63) is 195 Å². The second-order valence-electron chi connectivity index (χ2n) is 11.0. The third kappa shape index (κ3) is 13.0. The van der Waals surface area contributed by atoms with Gasteiger partial charge in [0.1, 0.15) is 0 Å². The first-order valence-electron chi connectivity index (χ1n) is 15.1. The summed E-state index contributed by atoms with van der Waals surface area (Å²) in [4.78, 5) is 0. The van der Waals surface area contributed by atoms with Crippen LogP contribution in [0.25, 0.3) is 0 Å². The molecule has 0 saturated heterocycles. The van der Waals surface area contributed by atoms with Crippen molar-refractivity contribution in [2.75, 3.05) is 13.3 Å². The van der Waals surface area contributed by atoms with Crippen LogP contribution in [0, 0.1) is 23.6 Å². The fraction of sp³-hybridized carbons (Fsp3) is 0.0500. The summed E-state index contributed by atoms with van der Waals surface area (Å²) in [6.07, 6.45) is 0. The SMILES string of the molecule is CP(c1ccccc1)c1ccccc1.CP(c1ccccc1)c1ccccc1.[Au+].[Au+].[CH2-]P([CH2-])(O[Cl+3]([O-])([O-])[O-])(c1ccccc1)c1ccccc1. The Morgan fingerprint density at radius 2 is 0.620 bits per heavy atom. The first kappa shape index (κ1) is 44.4. The number of rotatable bonds is 8. The van der Waals surface area contributed by atoms with Crippen molar-refractivity contribution >= 4 is 54.5 Å². The number of hydrogen-bond donors (Lipinski definition) is 0. The predicted molar refractivity (Wildman–Crippen MR) is 201 cm³/mol. The zero-order chi connectivity index (χ0) is 34.5. The number of hydrogen-bond acceptors (Lipinski definition) is 4. The second-order valence-corrected chi connectivity index (χ2v) is 20.4. The second kappa shape index (κ2) is 21.1. The Labute approximate surface area is 333 Å². The van der Waals surface area contributed by atoms with Gasteiger partial charge in [0.2, 0.25) is 0 Å². The summed E-state index contributed by atoms with van der Waals surface area (Å²) in [5, 5.41) is 6.72. The summed E-state index contributed by atoms with van der Waals surface area (Å²) in [6, 6.07) is 59.8. The van der Waals surface area contributed by atoms with Crippen LogP contribution in [0.4, 0.5) is 0 Å².